The van der Waals surface area contributed by atoms with Crippen molar-refractivity contribution >= 4 is 21.7 Å². The third-order valence-electron chi connectivity index (χ3n) is 4.99. The second-order valence-corrected chi connectivity index (χ2v) is 6.56. The normalized spacial score (nSPS) is 12.1. The van der Waals surface area contributed by atoms with E-state index in [1.54, 1.807) is 6.07 Å². The molecule has 4 aromatic rings. The minimum absolute atomic E-state index is 0.134. The highest BCUT2D eigenvalue weighted by Crippen LogP contribution is 2.46. The Hall–Kier alpha value is -3.18. The van der Waals surface area contributed by atoms with Gasteiger partial charge in [-0.2, -0.15) is 4.57 Å². The Bertz CT molecular complexity index is 1220. The highest BCUT2D eigenvalue weighted by atomic mass is 19.1. The zero-order chi connectivity index (χ0) is 18.5. The van der Waals surface area contributed by atoms with Crippen LogP contribution in [0.25, 0.3) is 32.9 Å². The molecule has 4 nitrogen and oxygen atoms in total. The van der Waals surface area contributed by atoms with Gasteiger partial charge in [0.25, 0.3) is 0 Å². The fraction of sp³-hybridized carbons (Fsp3) is 0.136. The van der Waals surface area contributed by atoms with Crippen LogP contribution in [0.3, 0.4) is 0 Å². The molecule has 0 spiro atoms. The van der Waals surface area contributed by atoms with E-state index in [9.17, 15) is 9.50 Å². The van der Waals surface area contributed by atoms with E-state index in [0.29, 0.717) is 11.5 Å². The van der Waals surface area contributed by atoms with Gasteiger partial charge in [0.05, 0.1) is 22.9 Å². The molecule has 2 heterocycles. The Labute approximate surface area is 155 Å². The number of halogens is 1. The lowest BCUT2D eigenvalue weighted by atomic mass is 9.96. The van der Waals surface area contributed by atoms with Crippen LogP contribution < -0.4 is 19.1 Å². The number of nitrogens with zero attached hydrogens (tertiary/aromatic N) is 1. The van der Waals surface area contributed by atoms with E-state index in [1.165, 1.54) is 12.1 Å². The fourth-order valence-electron chi connectivity index (χ4n) is 3.86. The lowest BCUT2D eigenvalue weighted by Crippen LogP contribution is -2.33. The third-order valence-corrected chi connectivity index (χ3v) is 4.99. The van der Waals surface area contributed by atoms with Gasteiger partial charge in [0, 0.05) is 11.5 Å². The molecule has 0 amide bonds. The zero-order valence-corrected chi connectivity index (χ0v) is 14.7. The van der Waals surface area contributed by atoms with Crippen molar-refractivity contribution in [3.8, 4) is 28.5 Å². The highest BCUT2D eigenvalue weighted by molar-refractivity contribution is 6.12. The first-order valence-corrected chi connectivity index (χ1v) is 8.74. The van der Waals surface area contributed by atoms with Crippen LogP contribution in [0.15, 0.2) is 54.6 Å². The summed E-state index contributed by atoms with van der Waals surface area (Å²) < 4.78 is 27.6. The molecule has 0 saturated heterocycles. The van der Waals surface area contributed by atoms with Crippen molar-refractivity contribution < 1.29 is 23.5 Å². The van der Waals surface area contributed by atoms with E-state index >= 15 is 0 Å². The molecule has 0 bridgehead atoms. The van der Waals surface area contributed by atoms with Crippen LogP contribution >= 0.6 is 0 Å². The minimum atomic E-state index is -0.300. The summed E-state index contributed by atoms with van der Waals surface area (Å²) in [7, 11) is 1.96. The predicted molar refractivity (Wildman–Crippen MR) is 98.5 cm³/mol. The van der Waals surface area contributed by atoms with Crippen molar-refractivity contribution in [3.05, 3.63) is 60.4 Å². The van der Waals surface area contributed by atoms with Crippen LogP contribution in [0.5, 0.6) is 17.2 Å². The Kier molecular flexibility index (Phi) is 3.52. The number of rotatable bonds is 3. The Morgan fingerprint density at radius 1 is 1.04 bits per heavy atom. The van der Waals surface area contributed by atoms with Crippen LogP contribution in [0.1, 0.15) is 0 Å². The lowest BCUT2D eigenvalue weighted by molar-refractivity contribution is -0.632. The summed E-state index contributed by atoms with van der Waals surface area (Å²) in [5.74, 6) is 1.74. The van der Waals surface area contributed by atoms with Crippen molar-refractivity contribution in [2.24, 2.45) is 7.05 Å². The number of aromatic nitrogens is 1. The molecule has 3 aromatic carbocycles. The van der Waals surface area contributed by atoms with Gasteiger partial charge in [-0.3, -0.25) is 0 Å². The third kappa shape index (κ3) is 2.35. The van der Waals surface area contributed by atoms with Crippen molar-refractivity contribution in [3.63, 3.8) is 0 Å². The topological polar surface area (TPSA) is 45.4 Å². The first-order chi connectivity index (χ1) is 13.2. The smallest absolute Gasteiger partial charge is 0.228 e. The Morgan fingerprint density at radius 2 is 1.93 bits per heavy atom. The van der Waals surface area contributed by atoms with E-state index in [4.69, 9.17) is 9.47 Å². The molecule has 0 aliphatic carbocycles. The zero-order valence-electron chi connectivity index (χ0n) is 14.7. The summed E-state index contributed by atoms with van der Waals surface area (Å²) in [4.78, 5) is 0. The standard InChI is InChI=1S/C22H16FNO3/c1-24-18-7-6-14(26-10-9-25)12-16(18)15-3-2-4-20-21(15)22(24)17-11-13(23)5-8-19(17)27-20/h2-8,11-12H,9-10H2,1H3. The Morgan fingerprint density at radius 3 is 2.78 bits per heavy atom. The van der Waals surface area contributed by atoms with E-state index in [-0.39, 0.29) is 19.0 Å². The number of aryl methyl sites for hydroxylation is 1. The van der Waals surface area contributed by atoms with E-state index in [2.05, 4.69) is 4.57 Å². The van der Waals surface area contributed by atoms with Gasteiger partial charge in [-0.15, -0.1) is 6.61 Å². The molecule has 0 fully saturated rings. The quantitative estimate of drug-likeness (QED) is 0.365. The highest BCUT2D eigenvalue weighted by Gasteiger charge is 2.30. The van der Waals surface area contributed by atoms with Gasteiger partial charge in [-0.05, 0) is 36.4 Å². The maximum atomic E-state index is 14.0. The molecule has 0 N–H and O–H groups in total. The summed E-state index contributed by atoms with van der Waals surface area (Å²) in [6, 6.07) is 16.2. The maximum absolute atomic E-state index is 14.0. The van der Waals surface area contributed by atoms with Crippen LogP contribution in [0.2, 0.25) is 0 Å². The summed E-state index contributed by atoms with van der Waals surface area (Å²) in [6.07, 6.45) is 0. The molecule has 1 aromatic heterocycles. The lowest BCUT2D eigenvalue weighted by Gasteiger charge is -2.20. The SMILES string of the molecule is C[n+]1c2c3c(cccc3c3cc(OCC[O-])ccc31)Oc1ccc(F)cc1-2. The van der Waals surface area contributed by atoms with Crippen molar-refractivity contribution in [2.75, 3.05) is 13.2 Å². The second-order valence-electron chi connectivity index (χ2n) is 6.56. The molecular formula is C22H16FNO3. The summed E-state index contributed by atoms with van der Waals surface area (Å²) in [6.45, 7) is -0.152. The molecule has 5 heteroatoms. The van der Waals surface area contributed by atoms with Gasteiger partial charge in [0.2, 0.25) is 11.2 Å². The first-order valence-electron chi connectivity index (χ1n) is 8.74. The van der Waals surface area contributed by atoms with Gasteiger partial charge in [-0.1, -0.05) is 12.1 Å². The largest absolute Gasteiger partial charge is 0.852 e. The summed E-state index contributed by atoms with van der Waals surface area (Å²) in [5, 5.41) is 13.7. The predicted octanol–water partition coefficient (Wildman–Crippen LogP) is 3.47. The van der Waals surface area contributed by atoms with Crippen LogP contribution in [-0.4, -0.2) is 13.2 Å². The molecule has 1 aliphatic rings. The summed E-state index contributed by atoms with van der Waals surface area (Å²) >= 11 is 0. The molecule has 0 atom stereocenters. The number of pyridine rings is 1. The number of fused-ring (bicyclic) bond motifs is 4. The van der Waals surface area contributed by atoms with E-state index < -0.39 is 0 Å². The van der Waals surface area contributed by atoms with Gasteiger partial charge >= 0.3 is 0 Å². The Balaban J connectivity index is 1.89. The first kappa shape index (κ1) is 16.0. The molecule has 0 unspecified atom stereocenters. The van der Waals surface area contributed by atoms with E-state index in [0.717, 1.165) is 38.7 Å². The monoisotopic (exact) mass is 361 g/mol. The second kappa shape index (κ2) is 5.93. The van der Waals surface area contributed by atoms with Crippen LogP contribution in [-0.2, 0) is 7.05 Å². The van der Waals surface area contributed by atoms with Crippen molar-refractivity contribution in [1.82, 2.24) is 0 Å². The van der Waals surface area contributed by atoms with Gasteiger partial charge in [0.15, 0.2) is 0 Å². The average molecular weight is 361 g/mol. The molecule has 5 rings (SSSR count). The number of ether oxygens (including phenoxy) is 2. The van der Waals surface area contributed by atoms with Gasteiger partial charge in [-0.25, -0.2) is 4.39 Å². The molecule has 0 saturated carbocycles. The van der Waals surface area contributed by atoms with Crippen molar-refractivity contribution in [1.29, 1.82) is 0 Å². The molecule has 27 heavy (non-hydrogen) atoms. The van der Waals surface area contributed by atoms with Gasteiger partial charge in [0.1, 0.15) is 30.1 Å². The van der Waals surface area contributed by atoms with Crippen molar-refractivity contribution in [2.45, 2.75) is 0 Å². The number of hydrogen-bond donors (Lipinski definition) is 0. The molecular weight excluding hydrogens is 345 g/mol. The summed E-state index contributed by atoms with van der Waals surface area (Å²) in [5.41, 5.74) is 2.64. The average Bonchev–Trinajstić information content (AvgIpc) is 2.69. The fourth-order valence-corrected chi connectivity index (χ4v) is 3.86. The number of benzene rings is 3. The van der Waals surface area contributed by atoms with Crippen LogP contribution in [0.4, 0.5) is 4.39 Å². The maximum Gasteiger partial charge on any atom is 0.228 e. The number of hydrogen-bond acceptors (Lipinski definition) is 3. The molecule has 134 valence electrons. The van der Waals surface area contributed by atoms with Gasteiger partial charge < -0.3 is 14.6 Å². The molecule has 1 aliphatic heterocycles. The minimum Gasteiger partial charge on any atom is -0.852 e. The van der Waals surface area contributed by atoms with E-state index in [1.807, 2.05) is 43.4 Å². The van der Waals surface area contributed by atoms with Crippen LogP contribution in [0, 0.1) is 5.82 Å². The molecule has 0 radical (unpaired) electrons.